The molecule has 1 aliphatic rings. The molecule has 0 spiro atoms. The molecule has 1 aromatic carbocycles. The molecule has 1 saturated heterocycles. The molecule has 4 rings (SSSR count). The summed E-state index contributed by atoms with van der Waals surface area (Å²) in [7, 11) is 0. The van der Waals surface area contributed by atoms with Gasteiger partial charge in [0.25, 0.3) is 0 Å². The first-order valence-corrected chi connectivity index (χ1v) is 9.72. The summed E-state index contributed by atoms with van der Waals surface area (Å²) in [5.41, 5.74) is 4.77. The van der Waals surface area contributed by atoms with Gasteiger partial charge in [-0.15, -0.1) is 0 Å². The number of rotatable bonds is 5. The molecule has 3 aromatic rings. The van der Waals surface area contributed by atoms with Crippen molar-refractivity contribution in [1.29, 1.82) is 0 Å². The van der Waals surface area contributed by atoms with Gasteiger partial charge in [-0.25, -0.2) is 9.97 Å². The molecule has 2 aromatic heterocycles. The summed E-state index contributed by atoms with van der Waals surface area (Å²) in [6.07, 6.45) is 2.51. The molecule has 1 N–H and O–H groups in total. The zero-order chi connectivity index (χ0) is 19.5. The van der Waals surface area contributed by atoms with E-state index in [0.29, 0.717) is 16.6 Å². The van der Waals surface area contributed by atoms with E-state index in [1.807, 2.05) is 24.3 Å². The predicted molar refractivity (Wildman–Crippen MR) is 111 cm³/mol. The maximum atomic E-state index is 9.90. The van der Waals surface area contributed by atoms with Crippen molar-refractivity contribution in [1.82, 2.24) is 9.97 Å². The number of nitrogens with zero attached hydrogens (tertiary/aromatic N) is 3. The van der Waals surface area contributed by atoms with Crippen LogP contribution in [-0.4, -0.2) is 34.3 Å². The zero-order valence-electron chi connectivity index (χ0n) is 15.7. The third-order valence-electron chi connectivity index (χ3n) is 4.99. The molecule has 144 valence electrons. The first kappa shape index (κ1) is 18.7. The highest BCUT2D eigenvalue weighted by molar-refractivity contribution is 6.30. The van der Waals surface area contributed by atoms with Gasteiger partial charge in [0.05, 0.1) is 35.2 Å². The average molecular weight is 396 g/mol. The van der Waals surface area contributed by atoms with Gasteiger partial charge >= 0.3 is 0 Å². The van der Waals surface area contributed by atoms with Crippen LogP contribution >= 0.6 is 11.6 Å². The van der Waals surface area contributed by atoms with E-state index in [1.165, 1.54) is 0 Å². The summed E-state index contributed by atoms with van der Waals surface area (Å²) in [5.74, 6) is 0.576. The predicted octanol–water partition coefficient (Wildman–Crippen LogP) is 4.26. The van der Waals surface area contributed by atoms with E-state index in [4.69, 9.17) is 21.3 Å². The Labute approximate surface area is 169 Å². The summed E-state index contributed by atoms with van der Waals surface area (Å²) in [5, 5.41) is 10.5. The number of hydrogen-bond acceptors (Lipinski definition) is 5. The van der Waals surface area contributed by atoms with Crippen LogP contribution in [0.1, 0.15) is 17.7 Å². The number of aryl methyl sites for hydroxylation is 1. The smallest absolute Gasteiger partial charge is 0.213 e. The van der Waals surface area contributed by atoms with Crippen molar-refractivity contribution in [2.24, 2.45) is 0 Å². The monoisotopic (exact) mass is 395 g/mol. The third kappa shape index (κ3) is 3.96. The molecule has 6 heteroatoms. The minimum atomic E-state index is -0.101. The van der Waals surface area contributed by atoms with Gasteiger partial charge in [0.1, 0.15) is 6.10 Å². The second-order valence-corrected chi connectivity index (χ2v) is 7.36. The van der Waals surface area contributed by atoms with Gasteiger partial charge in [0.2, 0.25) is 5.88 Å². The van der Waals surface area contributed by atoms with Crippen LogP contribution < -0.4 is 9.64 Å². The van der Waals surface area contributed by atoms with Crippen molar-refractivity contribution in [3.63, 3.8) is 0 Å². The molecule has 0 radical (unpaired) electrons. The normalized spacial score (nSPS) is 16.4. The average Bonchev–Trinajstić information content (AvgIpc) is 3.18. The van der Waals surface area contributed by atoms with E-state index in [1.54, 1.807) is 18.3 Å². The Hall–Kier alpha value is -2.63. The number of aromatic nitrogens is 2. The quantitative estimate of drug-likeness (QED) is 0.699. The van der Waals surface area contributed by atoms with Gasteiger partial charge in [-0.2, -0.15) is 0 Å². The highest BCUT2D eigenvalue weighted by Crippen LogP contribution is 2.29. The van der Waals surface area contributed by atoms with Crippen molar-refractivity contribution >= 4 is 17.3 Å². The molecule has 5 nitrogen and oxygen atoms in total. The van der Waals surface area contributed by atoms with Crippen LogP contribution in [-0.2, 0) is 6.61 Å². The summed E-state index contributed by atoms with van der Waals surface area (Å²) in [6, 6.07) is 15.8. The number of anilines is 1. The van der Waals surface area contributed by atoms with Crippen molar-refractivity contribution in [3.05, 3.63) is 71.0 Å². The molecule has 0 saturated carbocycles. The zero-order valence-corrected chi connectivity index (χ0v) is 16.4. The van der Waals surface area contributed by atoms with Gasteiger partial charge in [-0.3, -0.25) is 0 Å². The molecule has 1 unspecified atom stereocenters. The Morgan fingerprint density at radius 2 is 2.04 bits per heavy atom. The molecule has 1 aliphatic heterocycles. The van der Waals surface area contributed by atoms with E-state index >= 15 is 0 Å². The lowest BCUT2D eigenvalue weighted by atomic mass is 10.0. The van der Waals surface area contributed by atoms with Crippen molar-refractivity contribution < 1.29 is 9.84 Å². The van der Waals surface area contributed by atoms with Gasteiger partial charge in [-0.05, 0) is 30.7 Å². The fourth-order valence-corrected chi connectivity index (χ4v) is 3.67. The molecule has 28 heavy (non-hydrogen) atoms. The Kier molecular flexibility index (Phi) is 5.46. The van der Waals surface area contributed by atoms with Gasteiger partial charge in [0.15, 0.2) is 0 Å². The third-order valence-corrected chi connectivity index (χ3v) is 5.22. The maximum absolute atomic E-state index is 9.90. The van der Waals surface area contributed by atoms with E-state index in [9.17, 15) is 5.11 Å². The van der Waals surface area contributed by atoms with Crippen LogP contribution in [0, 0.1) is 6.92 Å². The summed E-state index contributed by atoms with van der Waals surface area (Å²) in [4.78, 5) is 11.1. The van der Waals surface area contributed by atoms with Gasteiger partial charge in [0, 0.05) is 30.8 Å². The summed E-state index contributed by atoms with van der Waals surface area (Å²) >= 11 is 5.87. The van der Waals surface area contributed by atoms with E-state index in [2.05, 4.69) is 28.9 Å². The Bertz CT molecular complexity index is 962. The first-order chi connectivity index (χ1) is 13.6. The lowest BCUT2D eigenvalue weighted by molar-refractivity contribution is 0.216. The Balaban J connectivity index is 1.51. The number of benzene rings is 1. The maximum Gasteiger partial charge on any atom is 0.213 e. The number of hydrogen-bond donors (Lipinski definition) is 1. The number of halogens is 1. The summed E-state index contributed by atoms with van der Waals surface area (Å²) in [6.45, 7) is 3.53. The van der Waals surface area contributed by atoms with Crippen LogP contribution in [0.5, 0.6) is 5.88 Å². The Morgan fingerprint density at radius 1 is 1.18 bits per heavy atom. The molecule has 0 bridgehead atoms. The van der Waals surface area contributed by atoms with Crippen LogP contribution in [0.25, 0.3) is 11.3 Å². The van der Waals surface area contributed by atoms with Crippen LogP contribution in [0.15, 0.2) is 54.7 Å². The number of aliphatic hydroxyl groups is 1. The van der Waals surface area contributed by atoms with Crippen LogP contribution in [0.3, 0.4) is 0 Å². The molecule has 1 atom stereocenters. The molecular weight excluding hydrogens is 374 g/mol. The number of ether oxygens (including phenoxy) is 1. The fourth-order valence-electron chi connectivity index (χ4n) is 3.55. The van der Waals surface area contributed by atoms with Gasteiger partial charge < -0.3 is 14.7 Å². The summed E-state index contributed by atoms with van der Waals surface area (Å²) < 4.78 is 5.97. The lowest BCUT2D eigenvalue weighted by Gasteiger charge is -2.21. The fraction of sp³-hybridized carbons (Fsp3) is 0.273. The minimum Gasteiger partial charge on any atom is -0.472 e. The standard InChI is InChI=1S/C22H22ClN3O2/c1-15-4-2-3-5-18(15)19-7-8-21(20(14-27)25-19)26-11-10-17(13-26)28-22-9-6-16(23)12-24-22/h2-9,12,17,27H,10-11,13-14H2,1H3. The SMILES string of the molecule is Cc1ccccc1-c1ccc(N2CCC(Oc3ccc(Cl)cn3)C2)c(CO)n1. The van der Waals surface area contributed by atoms with Crippen LogP contribution in [0.4, 0.5) is 5.69 Å². The van der Waals surface area contributed by atoms with E-state index in [-0.39, 0.29) is 12.7 Å². The second-order valence-electron chi connectivity index (χ2n) is 6.92. The van der Waals surface area contributed by atoms with Crippen molar-refractivity contribution in [2.75, 3.05) is 18.0 Å². The highest BCUT2D eigenvalue weighted by Gasteiger charge is 2.26. The molecule has 1 fully saturated rings. The highest BCUT2D eigenvalue weighted by atomic mass is 35.5. The molecular formula is C22H22ClN3O2. The lowest BCUT2D eigenvalue weighted by Crippen LogP contribution is -2.26. The van der Waals surface area contributed by atoms with Crippen molar-refractivity contribution in [3.8, 4) is 17.1 Å². The molecule has 3 heterocycles. The Morgan fingerprint density at radius 3 is 2.79 bits per heavy atom. The molecule has 0 amide bonds. The van der Waals surface area contributed by atoms with Crippen LogP contribution in [0.2, 0.25) is 5.02 Å². The minimum absolute atomic E-state index is 0.0382. The topological polar surface area (TPSA) is 58.5 Å². The van der Waals surface area contributed by atoms with Gasteiger partial charge in [-0.1, -0.05) is 35.9 Å². The van der Waals surface area contributed by atoms with E-state index < -0.39 is 0 Å². The van der Waals surface area contributed by atoms with E-state index in [0.717, 1.165) is 42.0 Å². The largest absolute Gasteiger partial charge is 0.472 e. The first-order valence-electron chi connectivity index (χ1n) is 9.34. The number of aliphatic hydroxyl groups excluding tert-OH is 1. The second kappa shape index (κ2) is 8.17. The number of pyridine rings is 2. The molecule has 0 aliphatic carbocycles. The van der Waals surface area contributed by atoms with Crippen molar-refractivity contribution in [2.45, 2.75) is 26.1 Å².